The SMILES string of the molecule is CCc1nc(NCCc2ccccn2)nc(-c2ccc(C#N)cc2)c1C(=O)O. The fourth-order valence-electron chi connectivity index (χ4n) is 2.83. The molecule has 0 aliphatic carbocycles. The summed E-state index contributed by atoms with van der Waals surface area (Å²) in [5, 5.41) is 21.8. The van der Waals surface area contributed by atoms with E-state index in [-0.39, 0.29) is 5.56 Å². The summed E-state index contributed by atoms with van der Waals surface area (Å²) in [6.45, 7) is 2.42. The van der Waals surface area contributed by atoms with Crippen LogP contribution in [0, 0.1) is 11.3 Å². The predicted octanol–water partition coefficient (Wildman–Crippen LogP) is 3.33. The van der Waals surface area contributed by atoms with Crippen LogP contribution in [-0.2, 0) is 12.8 Å². The zero-order valence-corrected chi connectivity index (χ0v) is 15.4. The maximum Gasteiger partial charge on any atom is 0.339 e. The number of hydrogen-bond acceptors (Lipinski definition) is 6. The largest absolute Gasteiger partial charge is 0.478 e. The predicted molar refractivity (Wildman–Crippen MR) is 105 cm³/mol. The number of hydrogen-bond donors (Lipinski definition) is 2. The molecule has 0 radical (unpaired) electrons. The fourth-order valence-corrected chi connectivity index (χ4v) is 2.83. The monoisotopic (exact) mass is 373 g/mol. The molecule has 7 nitrogen and oxygen atoms in total. The van der Waals surface area contributed by atoms with Crippen LogP contribution in [0.1, 0.15) is 34.2 Å². The highest BCUT2D eigenvalue weighted by Crippen LogP contribution is 2.26. The van der Waals surface area contributed by atoms with Gasteiger partial charge in [0.05, 0.1) is 23.0 Å². The van der Waals surface area contributed by atoms with Gasteiger partial charge in [-0.15, -0.1) is 0 Å². The second-order valence-corrected chi connectivity index (χ2v) is 6.06. The Bertz CT molecular complexity index is 1010. The summed E-state index contributed by atoms with van der Waals surface area (Å²) in [6.07, 6.45) is 2.90. The highest BCUT2D eigenvalue weighted by Gasteiger charge is 2.20. The molecule has 0 amide bonds. The maximum absolute atomic E-state index is 11.8. The van der Waals surface area contributed by atoms with Crippen LogP contribution in [0.2, 0.25) is 0 Å². The standard InChI is InChI=1S/C21H19N5O2/c1-2-17-18(20(27)28)19(15-8-6-14(13-22)7-9-15)26-21(25-17)24-12-10-16-5-3-4-11-23-16/h3-9,11H,2,10,12H2,1H3,(H,27,28)(H,24,25,26). The van der Waals surface area contributed by atoms with E-state index in [0.717, 1.165) is 5.69 Å². The lowest BCUT2D eigenvalue weighted by molar-refractivity contribution is 0.0695. The van der Waals surface area contributed by atoms with E-state index in [1.807, 2.05) is 25.1 Å². The number of carboxylic acids is 1. The van der Waals surface area contributed by atoms with Crippen molar-refractivity contribution >= 4 is 11.9 Å². The van der Waals surface area contributed by atoms with Gasteiger partial charge in [-0.3, -0.25) is 4.98 Å². The lowest BCUT2D eigenvalue weighted by Crippen LogP contribution is -2.14. The minimum absolute atomic E-state index is 0.0856. The number of pyridine rings is 1. The minimum Gasteiger partial charge on any atom is -0.478 e. The number of carbonyl (C=O) groups is 1. The zero-order valence-electron chi connectivity index (χ0n) is 15.4. The Morgan fingerprint density at radius 2 is 1.96 bits per heavy atom. The van der Waals surface area contributed by atoms with E-state index in [2.05, 4.69) is 26.3 Å². The number of rotatable bonds is 7. The van der Waals surface area contributed by atoms with Crippen molar-refractivity contribution in [1.29, 1.82) is 5.26 Å². The Labute approximate surface area is 162 Å². The number of nitrogens with zero attached hydrogens (tertiary/aromatic N) is 4. The van der Waals surface area contributed by atoms with Crippen LogP contribution in [0.4, 0.5) is 5.95 Å². The number of benzene rings is 1. The second kappa shape index (κ2) is 8.73. The number of carboxylic acid groups (broad SMARTS) is 1. The molecule has 1 aromatic carbocycles. The number of aromatic carboxylic acids is 1. The van der Waals surface area contributed by atoms with E-state index in [1.54, 1.807) is 30.5 Å². The van der Waals surface area contributed by atoms with E-state index in [9.17, 15) is 9.90 Å². The van der Waals surface area contributed by atoms with Crippen molar-refractivity contribution in [3.05, 3.63) is 71.2 Å². The summed E-state index contributed by atoms with van der Waals surface area (Å²) in [7, 11) is 0. The van der Waals surface area contributed by atoms with Crippen molar-refractivity contribution in [3.63, 3.8) is 0 Å². The highest BCUT2D eigenvalue weighted by atomic mass is 16.4. The number of nitrogens with one attached hydrogen (secondary N) is 1. The van der Waals surface area contributed by atoms with Crippen molar-refractivity contribution < 1.29 is 9.90 Å². The minimum atomic E-state index is -1.07. The first-order valence-corrected chi connectivity index (χ1v) is 8.91. The molecule has 2 aromatic heterocycles. The molecule has 0 saturated heterocycles. The summed E-state index contributed by atoms with van der Waals surface area (Å²) in [5.74, 6) is -0.701. The first-order chi connectivity index (χ1) is 13.6. The molecule has 0 bridgehead atoms. The molecule has 7 heteroatoms. The summed E-state index contributed by atoms with van der Waals surface area (Å²) in [5.41, 5.74) is 2.95. The first-order valence-electron chi connectivity index (χ1n) is 8.91. The van der Waals surface area contributed by atoms with Crippen molar-refractivity contribution in [1.82, 2.24) is 15.0 Å². The second-order valence-electron chi connectivity index (χ2n) is 6.06. The van der Waals surface area contributed by atoms with Gasteiger partial charge in [-0.2, -0.15) is 5.26 Å². The smallest absolute Gasteiger partial charge is 0.339 e. The molecular weight excluding hydrogens is 354 g/mol. The molecule has 0 fully saturated rings. The van der Waals surface area contributed by atoms with Gasteiger partial charge in [-0.25, -0.2) is 14.8 Å². The Morgan fingerprint density at radius 1 is 1.18 bits per heavy atom. The van der Waals surface area contributed by atoms with Crippen molar-refractivity contribution in [3.8, 4) is 17.3 Å². The third kappa shape index (κ3) is 4.30. The van der Waals surface area contributed by atoms with Gasteiger partial charge in [0.1, 0.15) is 5.56 Å². The van der Waals surface area contributed by atoms with E-state index in [4.69, 9.17) is 5.26 Å². The van der Waals surface area contributed by atoms with Crippen molar-refractivity contribution in [2.24, 2.45) is 0 Å². The molecule has 3 rings (SSSR count). The van der Waals surface area contributed by atoms with Gasteiger partial charge in [0.25, 0.3) is 0 Å². The molecular formula is C21H19N5O2. The first kappa shape index (κ1) is 19.0. The zero-order chi connectivity index (χ0) is 19.9. The molecule has 2 N–H and O–H groups in total. The summed E-state index contributed by atoms with van der Waals surface area (Å²) < 4.78 is 0. The van der Waals surface area contributed by atoms with Gasteiger partial charge in [0, 0.05) is 30.4 Å². The molecule has 0 atom stereocenters. The van der Waals surface area contributed by atoms with Crippen LogP contribution < -0.4 is 5.32 Å². The number of aryl methyl sites for hydroxylation is 1. The summed E-state index contributed by atoms with van der Waals surface area (Å²) >= 11 is 0. The Morgan fingerprint density at radius 3 is 2.57 bits per heavy atom. The van der Waals surface area contributed by atoms with Gasteiger partial charge in [-0.1, -0.05) is 25.1 Å². The van der Waals surface area contributed by atoms with Gasteiger partial charge >= 0.3 is 5.97 Å². The van der Waals surface area contributed by atoms with Crippen LogP contribution >= 0.6 is 0 Å². The fraction of sp³-hybridized carbons (Fsp3) is 0.190. The van der Waals surface area contributed by atoms with E-state index in [1.165, 1.54) is 0 Å². The molecule has 140 valence electrons. The quantitative estimate of drug-likeness (QED) is 0.653. The van der Waals surface area contributed by atoms with E-state index >= 15 is 0 Å². The van der Waals surface area contributed by atoms with Crippen LogP contribution in [-0.4, -0.2) is 32.6 Å². The van der Waals surface area contributed by atoms with Crippen LogP contribution in [0.5, 0.6) is 0 Å². The van der Waals surface area contributed by atoms with E-state index in [0.29, 0.717) is 47.8 Å². The third-order valence-electron chi connectivity index (χ3n) is 4.21. The van der Waals surface area contributed by atoms with Gasteiger partial charge in [0.15, 0.2) is 0 Å². The van der Waals surface area contributed by atoms with Gasteiger partial charge < -0.3 is 10.4 Å². The Kier molecular flexibility index (Phi) is 5.92. The Hall–Kier alpha value is -3.79. The van der Waals surface area contributed by atoms with Gasteiger partial charge in [-0.05, 0) is 30.7 Å². The molecule has 0 saturated carbocycles. The number of anilines is 1. The summed E-state index contributed by atoms with van der Waals surface area (Å²) in [4.78, 5) is 25.0. The molecule has 0 spiro atoms. The maximum atomic E-state index is 11.8. The van der Waals surface area contributed by atoms with Crippen LogP contribution in [0.15, 0.2) is 48.7 Å². The highest BCUT2D eigenvalue weighted by molar-refractivity contribution is 5.96. The number of aromatic nitrogens is 3. The van der Waals surface area contributed by atoms with E-state index < -0.39 is 5.97 Å². The third-order valence-corrected chi connectivity index (χ3v) is 4.21. The molecule has 28 heavy (non-hydrogen) atoms. The lowest BCUT2D eigenvalue weighted by atomic mass is 10.0. The van der Waals surface area contributed by atoms with Crippen LogP contribution in [0.3, 0.4) is 0 Å². The molecule has 0 aliphatic heterocycles. The normalized spacial score (nSPS) is 10.3. The molecule has 0 unspecified atom stereocenters. The van der Waals surface area contributed by atoms with Crippen molar-refractivity contribution in [2.75, 3.05) is 11.9 Å². The van der Waals surface area contributed by atoms with Crippen molar-refractivity contribution in [2.45, 2.75) is 19.8 Å². The topological polar surface area (TPSA) is 112 Å². The average Bonchev–Trinajstić information content (AvgIpc) is 2.73. The van der Waals surface area contributed by atoms with Gasteiger partial charge in [0.2, 0.25) is 5.95 Å². The lowest BCUT2D eigenvalue weighted by Gasteiger charge is -2.13. The summed E-state index contributed by atoms with van der Waals surface area (Å²) in [6, 6.07) is 14.5. The Balaban J connectivity index is 1.93. The van der Waals surface area contributed by atoms with Crippen LogP contribution in [0.25, 0.3) is 11.3 Å². The molecule has 3 aromatic rings. The molecule has 0 aliphatic rings. The average molecular weight is 373 g/mol. The molecule has 2 heterocycles. The number of nitriles is 1.